The monoisotopic (exact) mass is 186 g/mol. The Hall–Kier alpha value is -0.630. The highest BCUT2D eigenvalue weighted by Crippen LogP contribution is 2.31. The summed E-state index contributed by atoms with van der Waals surface area (Å²) in [6, 6.07) is 5.60. The van der Waals surface area contributed by atoms with E-state index in [9.17, 15) is 0 Å². The van der Waals surface area contributed by atoms with Crippen LogP contribution in [0.1, 0.15) is 11.1 Å². The molecule has 0 aliphatic carbocycles. The first-order valence-electron chi connectivity index (χ1n) is 3.52. The maximum atomic E-state index is 8.62. The second-order valence-electron chi connectivity index (χ2n) is 2.61. The van der Waals surface area contributed by atoms with Gasteiger partial charge >= 0.3 is 8.60 Å². The van der Waals surface area contributed by atoms with E-state index >= 15 is 0 Å². The van der Waals surface area contributed by atoms with Crippen molar-refractivity contribution in [2.75, 3.05) is 0 Å². The van der Waals surface area contributed by atoms with Gasteiger partial charge in [0, 0.05) is 0 Å². The zero-order valence-corrected chi connectivity index (χ0v) is 7.88. The molecule has 0 amide bonds. The SMILES string of the molecule is Cc1ccc(C)c(OP(O)O)c1. The summed E-state index contributed by atoms with van der Waals surface area (Å²) in [6.07, 6.45) is 0. The van der Waals surface area contributed by atoms with Crippen molar-refractivity contribution in [1.82, 2.24) is 0 Å². The summed E-state index contributed by atoms with van der Waals surface area (Å²) in [5.41, 5.74) is 1.93. The van der Waals surface area contributed by atoms with E-state index in [0.29, 0.717) is 5.75 Å². The lowest BCUT2D eigenvalue weighted by Gasteiger charge is -2.08. The fraction of sp³-hybridized carbons (Fsp3) is 0.250. The summed E-state index contributed by atoms with van der Waals surface area (Å²) in [7, 11) is -2.31. The average Bonchev–Trinajstić information content (AvgIpc) is 1.96. The van der Waals surface area contributed by atoms with Gasteiger partial charge in [0.2, 0.25) is 0 Å². The van der Waals surface area contributed by atoms with Crippen molar-refractivity contribution in [2.45, 2.75) is 13.8 Å². The van der Waals surface area contributed by atoms with Gasteiger partial charge in [0.25, 0.3) is 0 Å². The van der Waals surface area contributed by atoms with E-state index in [1.54, 1.807) is 6.07 Å². The van der Waals surface area contributed by atoms with Crippen molar-refractivity contribution in [1.29, 1.82) is 0 Å². The van der Waals surface area contributed by atoms with Crippen LogP contribution in [0, 0.1) is 13.8 Å². The summed E-state index contributed by atoms with van der Waals surface area (Å²) < 4.78 is 4.80. The molecule has 0 spiro atoms. The van der Waals surface area contributed by atoms with Crippen LogP contribution in [0.4, 0.5) is 0 Å². The molecule has 0 unspecified atom stereocenters. The van der Waals surface area contributed by atoms with Crippen LogP contribution in [0.3, 0.4) is 0 Å². The summed E-state index contributed by atoms with van der Waals surface area (Å²) in [5.74, 6) is 0.533. The first kappa shape index (κ1) is 9.46. The molecule has 0 radical (unpaired) electrons. The van der Waals surface area contributed by atoms with Gasteiger partial charge < -0.3 is 14.3 Å². The van der Waals surface area contributed by atoms with E-state index in [1.807, 2.05) is 26.0 Å². The van der Waals surface area contributed by atoms with Crippen LogP contribution in [0.2, 0.25) is 0 Å². The first-order chi connectivity index (χ1) is 5.59. The average molecular weight is 186 g/mol. The third-order valence-electron chi connectivity index (χ3n) is 1.52. The van der Waals surface area contributed by atoms with Crippen molar-refractivity contribution in [2.24, 2.45) is 0 Å². The number of hydrogen-bond donors (Lipinski definition) is 2. The molecule has 1 aromatic rings. The third kappa shape index (κ3) is 2.45. The Morgan fingerprint density at radius 1 is 1.25 bits per heavy atom. The topological polar surface area (TPSA) is 49.7 Å². The molecule has 3 nitrogen and oxygen atoms in total. The van der Waals surface area contributed by atoms with Gasteiger partial charge in [-0.25, -0.2) is 0 Å². The summed E-state index contributed by atoms with van der Waals surface area (Å²) in [6.45, 7) is 3.77. The molecule has 0 aliphatic heterocycles. The van der Waals surface area contributed by atoms with Crippen LogP contribution in [-0.2, 0) is 0 Å². The zero-order chi connectivity index (χ0) is 9.14. The van der Waals surface area contributed by atoms with E-state index in [4.69, 9.17) is 14.3 Å². The van der Waals surface area contributed by atoms with Crippen molar-refractivity contribution in [3.05, 3.63) is 29.3 Å². The molecular weight excluding hydrogens is 175 g/mol. The van der Waals surface area contributed by atoms with Crippen molar-refractivity contribution < 1.29 is 14.3 Å². The molecule has 4 heteroatoms. The van der Waals surface area contributed by atoms with E-state index in [0.717, 1.165) is 11.1 Å². The Labute approximate surface area is 72.6 Å². The van der Waals surface area contributed by atoms with Crippen molar-refractivity contribution >= 4 is 8.60 Å². The van der Waals surface area contributed by atoms with Gasteiger partial charge in [0.1, 0.15) is 5.75 Å². The Kier molecular flexibility index (Phi) is 3.04. The molecule has 0 bridgehead atoms. The van der Waals surface area contributed by atoms with Gasteiger partial charge in [0.15, 0.2) is 0 Å². The lowest BCUT2D eigenvalue weighted by Crippen LogP contribution is -1.88. The molecular formula is C8H11O3P. The third-order valence-corrected chi connectivity index (χ3v) is 1.88. The summed E-state index contributed by atoms with van der Waals surface area (Å²) >= 11 is 0. The van der Waals surface area contributed by atoms with Gasteiger partial charge in [-0.2, -0.15) is 0 Å². The maximum Gasteiger partial charge on any atom is 0.391 e. The molecule has 0 saturated carbocycles. The number of aryl methyl sites for hydroxylation is 2. The van der Waals surface area contributed by atoms with Crippen molar-refractivity contribution in [3.63, 3.8) is 0 Å². The van der Waals surface area contributed by atoms with E-state index in [-0.39, 0.29) is 0 Å². The molecule has 0 heterocycles. The van der Waals surface area contributed by atoms with Crippen LogP contribution < -0.4 is 4.52 Å². The minimum atomic E-state index is -2.31. The zero-order valence-electron chi connectivity index (χ0n) is 6.98. The van der Waals surface area contributed by atoms with Crippen LogP contribution in [0.5, 0.6) is 5.75 Å². The molecule has 0 aliphatic rings. The number of rotatable bonds is 2. The predicted octanol–water partition coefficient (Wildman–Crippen LogP) is 1.89. The lowest BCUT2D eigenvalue weighted by atomic mass is 10.1. The van der Waals surface area contributed by atoms with Crippen molar-refractivity contribution in [3.8, 4) is 5.75 Å². The van der Waals surface area contributed by atoms with E-state index in [1.165, 1.54) is 0 Å². The Bertz CT molecular complexity index is 273. The van der Waals surface area contributed by atoms with Crippen LogP contribution >= 0.6 is 8.60 Å². The molecule has 0 aromatic heterocycles. The molecule has 0 fully saturated rings. The molecule has 2 N–H and O–H groups in total. The molecule has 66 valence electrons. The number of hydrogen-bond acceptors (Lipinski definition) is 3. The predicted molar refractivity (Wildman–Crippen MR) is 47.9 cm³/mol. The highest BCUT2D eigenvalue weighted by molar-refractivity contribution is 7.39. The minimum absolute atomic E-state index is 0.533. The van der Waals surface area contributed by atoms with Gasteiger partial charge in [0.05, 0.1) is 0 Å². The molecule has 12 heavy (non-hydrogen) atoms. The van der Waals surface area contributed by atoms with E-state index < -0.39 is 8.60 Å². The van der Waals surface area contributed by atoms with Crippen LogP contribution in [0.15, 0.2) is 18.2 Å². The van der Waals surface area contributed by atoms with Gasteiger partial charge in [-0.3, -0.25) is 0 Å². The molecule has 1 aromatic carbocycles. The van der Waals surface area contributed by atoms with Crippen LogP contribution in [0.25, 0.3) is 0 Å². The fourth-order valence-electron chi connectivity index (χ4n) is 0.894. The molecule has 0 atom stereocenters. The normalized spacial score (nSPS) is 10.4. The lowest BCUT2D eigenvalue weighted by molar-refractivity contribution is 0.374. The quantitative estimate of drug-likeness (QED) is 0.693. The molecule has 0 saturated heterocycles. The maximum absolute atomic E-state index is 8.62. The second-order valence-corrected chi connectivity index (χ2v) is 3.30. The van der Waals surface area contributed by atoms with Gasteiger partial charge in [-0.1, -0.05) is 12.1 Å². The Balaban J connectivity index is 2.90. The Morgan fingerprint density at radius 2 is 1.92 bits per heavy atom. The highest BCUT2D eigenvalue weighted by Gasteiger charge is 2.05. The van der Waals surface area contributed by atoms with Crippen LogP contribution in [-0.4, -0.2) is 9.79 Å². The largest absolute Gasteiger partial charge is 0.427 e. The number of benzene rings is 1. The summed E-state index contributed by atoms with van der Waals surface area (Å²) in [5, 5.41) is 0. The van der Waals surface area contributed by atoms with Gasteiger partial charge in [-0.05, 0) is 31.0 Å². The first-order valence-corrected chi connectivity index (χ1v) is 4.69. The molecule has 1 rings (SSSR count). The second kappa shape index (κ2) is 3.85. The standard InChI is InChI=1S/C8H11O3P/c1-6-3-4-7(2)8(5-6)11-12(9)10/h3-5,9-10H,1-2H3. The Morgan fingerprint density at radius 3 is 2.50 bits per heavy atom. The fourth-order valence-corrected chi connectivity index (χ4v) is 1.27. The summed E-state index contributed by atoms with van der Waals surface area (Å²) in [4.78, 5) is 17.2. The van der Waals surface area contributed by atoms with Gasteiger partial charge in [-0.15, -0.1) is 0 Å². The smallest absolute Gasteiger partial charge is 0.391 e. The van der Waals surface area contributed by atoms with E-state index in [2.05, 4.69) is 0 Å². The highest BCUT2D eigenvalue weighted by atomic mass is 31.2. The minimum Gasteiger partial charge on any atom is -0.427 e.